The van der Waals surface area contributed by atoms with Crippen LogP contribution < -0.4 is 5.32 Å². The van der Waals surface area contributed by atoms with Gasteiger partial charge >= 0.3 is 12.1 Å². The smallest absolute Gasteiger partial charge is 0.416 e. The molecule has 0 aromatic heterocycles. The number of hydrogen-bond donors (Lipinski definition) is 2. The summed E-state index contributed by atoms with van der Waals surface area (Å²) < 4.78 is 38.2. The molecule has 2 N–H and O–H groups in total. The molecule has 0 bridgehead atoms. The molecule has 0 spiro atoms. The van der Waals surface area contributed by atoms with Gasteiger partial charge in [-0.2, -0.15) is 13.2 Å². The molecule has 0 aliphatic heterocycles. The summed E-state index contributed by atoms with van der Waals surface area (Å²) in [4.78, 5) is 11.0. The van der Waals surface area contributed by atoms with Crippen molar-refractivity contribution >= 4 is 11.7 Å². The van der Waals surface area contributed by atoms with E-state index in [-0.39, 0.29) is 6.04 Å². The second-order valence-electron chi connectivity index (χ2n) is 5.57. The van der Waals surface area contributed by atoms with Crippen molar-refractivity contribution in [3.8, 4) is 0 Å². The first kappa shape index (κ1) is 15.7. The van der Waals surface area contributed by atoms with Gasteiger partial charge in [-0.15, -0.1) is 0 Å². The van der Waals surface area contributed by atoms with Crippen LogP contribution in [0.15, 0.2) is 18.2 Å². The molecule has 0 amide bonds. The monoisotopic (exact) mass is 301 g/mol. The van der Waals surface area contributed by atoms with Crippen molar-refractivity contribution in [2.45, 2.75) is 44.8 Å². The van der Waals surface area contributed by atoms with E-state index in [2.05, 4.69) is 5.32 Å². The molecule has 1 fully saturated rings. The van der Waals surface area contributed by atoms with E-state index in [0.717, 1.165) is 30.5 Å². The van der Waals surface area contributed by atoms with Crippen LogP contribution in [-0.2, 0) is 11.0 Å². The molecule has 21 heavy (non-hydrogen) atoms. The number of benzene rings is 1. The number of hydrogen-bond acceptors (Lipinski definition) is 2. The van der Waals surface area contributed by atoms with Crippen LogP contribution in [0.3, 0.4) is 0 Å². The van der Waals surface area contributed by atoms with Gasteiger partial charge in [0.25, 0.3) is 0 Å². The first-order chi connectivity index (χ1) is 9.77. The van der Waals surface area contributed by atoms with Gasteiger partial charge < -0.3 is 10.4 Å². The minimum absolute atomic E-state index is 0.0953. The fourth-order valence-electron chi connectivity index (χ4n) is 2.72. The molecule has 0 radical (unpaired) electrons. The Morgan fingerprint density at radius 1 is 1.33 bits per heavy atom. The van der Waals surface area contributed by atoms with Crippen molar-refractivity contribution in [2.24, 2.45) is 5.92 Å². The Morgan fingerprint density at radius 3 is 2.67 bits per heavy atom. The van der Waals surface area contributed by atoms with Gasteiger partial charge in [-0.05, 0) is 43.9 Å². The molecule has 1 aromatic rings. The van der Waals surface area contributed by atoms with E-state index in [4.69, 9.17) is 5.11 Å². The third kappa shape index (κ3) is 3.89. The van der Waals surface area contributed by atoms with E-state index in [1.807, 2.05) is 0 Å². The SMILES string of the molecule is Cc1ccc(C(F)(F)F)cc1NC1CCCC(C(=O)O)C1. The molecule has 0 saturated heterocycles. The fourth-order valence-corrected chi connectivity index (χ4v) is 2.72. The van der Waals surface area contributed by atoms with Crippen molar-refractivity contribution < 1.29 is 23.1 Å². The van der Waals surface area contributed by atoms with Crippen LogP contribution in [0.5, 0.6) is 0 Å². The molecule has 2 rings (SSSR count). The van der Waals surface area contributed by atoms with Crippen LogP contribution >= 0.6 is 0 Å². The lowest BCUT2D eigenvalue weighted by atomic mass is 9.85. The third-order valence-corrected chi connectivity index (χ3v) is 3.95. The Bertz CT molecular complexity index is 528. The van der Waals surface area contributed by atoms with Crippen LogP contribution in [-0.4, -0.2) is 17.1 Å². The number of carboxylic acids is 1. The number of aliphatic carboxylic acids is 1. The van der Waals surface area contributed by atoms with E-state index >= 15 is 0 Å². The van der Waals surface area contributed by atoms with E-state index < -0.39 is 23.6 Å². The summed E-state index contributed by atoms with van der Waals surface area (Å²) >= 11 is 0. The maximum Gasteiger partial charge on any atom is 0.416 e. The Kier molecular flexibility index (Phi) is 4.44. The molecule has 6 heteroatoms. The van der Waals surface area contributed by atoms with E-state index in [0.29, 0.717) is 18.5 Å². The standard InChI is InChI=1S/C15H18F3NO2/c1-9-5-6-11(15(16,17)18)8-13(9)19-12-4-2-3-10(7-12)14(20)21/h5-6,8,10,12,19H,2-4,7H2,1H3,(H,20,21). The molecule has 1 aromatic carbocycles. The number of aryl methyl sites for hydroxylation is 1. The maximum atomic E-state index is 12.7. The zero-order chi connectivity index (χ0) is 15.6. The lowest BCUT2D eigenvalue weighted by Gasteiger charge is -2.29. The van der Waals surface area contributed by atoms with Gasteiger partial charge in [-0.3, -0.25) is 4.79 Å². The second-order valence-corrected chi connectivity index (χ2v) is 5.57. The summed E-state index contributed by atoms with van der Waals surface area (Å²) in [5.74, 6) is -1.25. The number of alkyl halides is 3. The van der Waals surface area contributed by atoms with Gasteiger partial charge in [0, 0.05) is 11.7 Å². The number of carbonyl (C=O) groups is 1. The quantitative estimate of drug-likeness (QED) is 0.885. The minimum atomic E-state index is -4.37. The number of carboxylic acid groups (broad SMARTS) is 1. The lowest BCUT2D eigenvalue weighted by Crippen LogP contribution is -2.31. The Labute approximate surface area is 121 Å². The van der Waals surface area contributed by atoms with Crippen LogP contribution in [0.25, 0.3) is 0 Å². The van der Waals surface area contributed by atoms with Crippen LogP contribution in [0.1, 0.15) is 36.8 Å². The highest BCUT2D eigenvalue weighted by Gasteiger charge is 2.31. The van der Waals surface area contributed by atoms with E-state index in [1.54, 1.807) is 6.92 Å². The summed E-state index contributed by atoms with van der Waals surface area (Å²) in [5, 5.41) is 12.1. The summed E-state index contributed by atoms with van der Waals surface area (Å²) in [7, 11) is 0. The topological polar surface area (TPSA) is 49.3 Å². The maximum absolute atomic E-state index is 12.7. The average molecular weight is 301 g/mol. The van der Waals surface area contributed by atoms with E-state index in [9.17, 15) is 18.0 Å². The Morgan fingerprint density at radius 2 is 2.05 bits per heavy atom. The predicted molar refractivity (Wildman–Crippen MR) is 73.2 cm³/mol. The van der Waals surface area contributed by atoms with Crippen LogP contribution in [0.2, 0.25) is 0 Å². The number of nitrogens with one attached hydrogen (secondary N) is 1. The van der Waals surface area contributed by atoms with Gasteiger partial charge in [0.05, 0.1) is 11.5 Å². The minimum Gasteiger partial charge on any atom is -0.481 e. The summed E-state index contributed by atoms with van der Waals surface area (Å²) in [5.41, 5.74) is 0.461. The summed E-state index contributed by atoms with van der Waals surface area (Å²) in [6.07, 6.45) is -1.74. The Balaban J connectivity index is 2.13. The van der Waals surface area contributed by atoms with Crippen LogP contribution in [0, 0.1) is 12.8 Å². The molecule has 0 heterocycles. The van der Waals surface area contributed by atoms with Gasteiger partial charge in [0.15, 0.2) is 0 Å². The zero-order valence-electron chi connectivity index (χ0n) is 11.7. The molecule has 1 saturated carbocycles. The van der Waals surface area contributed by atoms with Crippen molar-refractivity contribution in [3.05, 3.63) is 29.3 Å². The highest BCUT2D eigenvalue weighted by molar-refractivity contribution is 5.70. The van der Waals surface area contributed by atoms with Gasteiger partial charge in [-0.1, -0.05) is 12.5 Å². The van der Waals surface area contributed by atoms with E-state index in [1.165, 1.54) is 6.07 Å². The van der Waals surface area contributed by atoms with Crippen molar-refractivity contribution in [3.63, 3.8) is 0 Å². The molecular weight excluding hydrogens is 283 g/mol. The molecule has 116 valence electrons. The number of anilines is 1. The molecule has 3 nitrogen and oxygen atoms in total. The number of rotatable bonds is 3. The average Bonchev–Trinajstić information content (AvgIpc) is 2.40. The van der Waals surface area contributed by atoms with Crippen molar-refractivity contribution in [1.29, 1.82) is 0 Å². The third-order valence-electron chi connectivity index (χ3n) is 3.95. The lowest BCUT2D eigenvalue weighted by molar-refractivity contribution is -0.143. The van der Waals surface area contributed by atoms with Crippen molar-refractivity contribution in [1.82, 2.24) is 0 Å². The fraction of sp³-hybridized carbons (Fsp3) is 0.533. The summed E-state index contributed by atoms with van der Waals surface area (Å²) in [6, 6.07) is 3.49. The first-order valence-corrected chi connectivity index (χ1v) is 6.94. The van der Waals surface area contributed by atoms with Crippen LogP contribution in [0.4, 0.5) is 18.9 Å². The van der Waals surface area contributed by atoms with Crippen molar-refractivity contribution in [2.75, 3.05) is 5.32 Å². The highest BCUT2D eigenvalue weighted by Crippen LogP contribution is 2.33. The zero-order valence-corrected chi connectivity index (χ0v) is 11.7. The normalized spacial score (nSPS) is 22.9. The second kappa shape index (κ2) is 5.95. The van der Waals surface area contributed by atoms with Gasteiger partial charge in [0.1, 0.15) is 0 Å². The molecular formula is C15H18F3NO2. The molecule has 2 atom stereocenters. The predicted octanol–water partition coefficient (Wildman–Crippen LogP) is 4.07. The molecule has 1 aliphatic carbocycles. The summed E-state index contributed by atoms with van der Waals surface area (Å²) in [6.45, 7) is 1.74. The van der Waals surface area contributed by atoms with Gasteiger partial charge in [-0.25, -0.2) is 0 Å². The molecule has 1 aliphatic rings. The first-order valence-electron chi connectivity index (χ1n) is 6.94. The Hall–Kier alpha value is -1.72. The molecule has 2 unspecified atom stereocenters. The highest BCUT2D eigenvalue weighted by atomic mass is 19.4. The van der Waals surface area contributed by atoms with Gasteiger partial charge in [0.2, 0.25) is 0 Å². The number of halogens is 3. The largest absolute Gasteiger partial charge is 0.481 e.